The molecule has 0 amide bonds. The summed E-state index contributed by atoms with van der Waals surface area (Å²) in [6.07, 6.45) is 0. The molecule has 0 spiro atoms. The Hall–Kier alpha value is -1.50. The number of ether oxygens (including phenoxy) is 1. The summed E-state index contributed by atoms with van der Waals surface area (Å²) in [6, 6.07) is 0. The molecule has 76 valence electrons. The highest BCUT2D eigenvalue weighted by Crippen LogP contribution is 2.02. The molecule has 1 aromatic rings. The van der Waals surface area contributed by atoms with E-state index in [1.54, 1.807) is 19.4 Å². The van der Waals surface area contributed by atoms with Gasteiger partial charge in [0.1, 0.15) is 5.69 Å². The van der Waals surface area contributed by atoms with Gasteiger partial charge in [-0.05, 0) is 6.92 Å². The molecule has 14 heavy (non-hydrogen) atoms. The van der Waals surface area contributed by atoms with Gasteiger partial charge < -0.3 is 9.30 Å². The van der Waals surface area contributed by atoms with Crippen LogP contribution in [-0.4, -0.2) is 17.1 Å². The Kier molecular flexibility index (Phi) is 3.52. The Bertz CT molecular complexity index is 407. The molecule has 0 unspecified atom stereocenters. The molecule has 0 atom stereocenters. The summed E-state index contributed by atoms with van der Waals surface area (Å²) in [7, 11) is 1.62. The molecule has 0 aliphatic carbocycles. The molecule has 0 aromatic carbocycles. The van der Waals surface area contributed by atoms with Crippen LogP contribution >= 0.6 is 11.3 Å². The Balaban J connectivity index is 3.07. The number of esters is 1. The lowest BCUT2D eigenvalue weighted by atomic mass is 10.5. The number of hydrogen-bond acceptors (Lipinski definition) is 5. The van der Waals surface area contributed by atoms with E-state index in [1.165, 1.54) is 4.57 Å². The van der Waals surface area contributed by atoms with Gasteiger partial charge in [0.2, 0.25) is 4.80 Å². The second kappa shape index (κ2) is 4.66. The van der Waals surface area contributed by atoms with Crippen LogP contribution in [0.1, 0.15) is 17.4 Å². The second-order valence-corrected chi connectivity index (χ2v) is 3.20. The number of thiazole rings is 1. The first-order chi connectivity index (χ1) is 6.70. The van der Waals surface area contributed by atoms with Crippen molar-refractivity contribution in [3.63, 3.8) is 0 Å². The maximum Gasteiger partial charge on any atom is 0.355 e. The van der Waals surface area contributed by atoms with Crippen LogP contribution in [0.3, 0.4) is 0 Å². The van der Waals surface area contributed by atoms with Gasteiger partial charge in [0.25, 0.3) is 0 Å². The first-order valence-electron chi connectivity index (χ1n) is 3.88. The first-order valence-corrected chi connectivity index (χ1v) is 4.76. The smallest absolute Gasteiger partial charge is 0.355 e. The van der Waals surface area contributed by atoms with Crippen molar-refractivity contribution in [2.75, 3.05) is 6.61 Å². The number of rotatable bonds is 3. The van der Waals surface area contributed by atoms with E-state index >= 15 is 0 Å². The fourth-order valence-electron chi connectivity index (χ4n) is 0.885. The predicted molar refractivity (Wildman–Crippen MR) is 50.6 cm³/mol. The van der Waals surface area contributed by atoms with Gasteiger partial charge in [-0.2, -0.15) is 0 Å². The number of nitrogens with zero attached hydrogens (tertiary/aromatic N) is 3. The summed E-state index contributed by atoms with van der Waals surface area (Å²) in [4.78, 5) is 21.6. The van der Waals surface area contributed by atoms with Crippen molar-refractivity contribution in [1.82, 2.24) is 4.57 Å². The summed E-state index contributed by atoms with van der Waals surface area (Å²) in [5.41, 5.74) is 0.360. The third-order valence-electron chi connectivity index (χ3n) is 1.54. The summed E-state index contributed by atoms with van der Waals surface area (Å²) in [5, 5.41) is 7.28. The molecule has 0 saturated heterocycles. The summed E-state index contributed by atoms with van der Waals surface area (Å²) in [6.45, 7) is 2.04. The lowest BCUT2D eigenvalue weighted by Crippen LogP contribution is -2.17. The fraction of sp³-hybridized carbons (Fsp3) is 0.429. The number of aromatic nitrogens is 1. The van der Waals surface area contributed by atoms with Crippen molar-refractivity contribution < 1.29 is 9.53 Å². The minimum atomic E-state index is -0.432. The summed E-state index contributed by atoms with van der Waals surface area (Å²) in [5.74, 6) is -0.432. The monoisotopic (exact) mass is 215 g/mol. The minimum Gasteiger partial charge on any atom is -0.461 e. The van der Waals surface area contributed by atoms with Crippen molar-refractivity contribution >= 4 is 17.3 Å². The normalized spacial score (nSPS) is 11.4. The van der Waals surface area contributed by atoms with Crippen LogP contribution in [0.2, 0.25) is 0 Å². The third kappa shape index (κ3) is 2.05. The molecule has 7 heteroatoms. The van der Waals surface area contributed by atoms with Crippen LogP contribution in [-0.2, 0) is 11.8 Å². The molecule has 0 aliphatic heterocycles. The molecular formula is C7H9N3O3S. The average Bonchev–Trinajstić information content (AvgIpc) is 2.49. The van der Waals surface area contributed by atoms with Gasteiger partial charge >= 0.3 is 5.97 Å². The van der Waals surface area contributed by atoms with Crippen LogP contribution in [0.4, 0.5) is 0 Å². The predicted octanol–water partition coefficient (Wildman–Crippen LogP) is 0.845. The molecule has 1 heterocycles. The number of carbonyl (C=O) groups excluding carboxylic acids is 1. The van der Waals surface area contributed by atoms with Crippen molar-refractivity contribution in [2.24, 2.45) is 17.4 Å². The van der Waals surface area contributed by atoms with Crippen LogP contribution in [0.15, 0.2) is 15.8 Å². The lowest BCUT2D eigenvalue weighted by Gasteiger charge is -2.00. The van der Waals surface area contributed by atoms with E-state index in [0.717, 1.165) is 11.3 Å². The fourth-order valence-corrected chi connectivity index (χ4v) is 1.69. The molecule has 1 aromatic heterocycles. The van der Waals surface area contributed by atoms with Crippen molar-refractivity contribution in [3.8, 4) is 0 Å². The van der Waals surface area contributed by atoms with E-state index in [9.17, 15) is 9.70 Å². The van der Waals surface area contributed by atoms with Gasteiger partial charge in [-0.1, -0.05) is 5.10 Å². The topological polar surface area (TPSA) is 73.0 Å². The summed E-state index contributed by atoms with van der Waals surface area (Å²) < 4.78 is 6.26. The van der Waals surface area contributed by atoms with Gasteiger partial charge in [-0.3, -0.25) is 0 Å². The maximum absolute atomic E-state index is 11.3. The van der Waals surface area contributed by atoms with Gasteiger partial charge in [-0.15, -0.1) is 16.2 Å². The molecule has 0 aliphatic rings. The zero-order valence-electron chi connectivity index (χ0n) is 7.76. The van der Waals surface area contributed by atoms with Crippen molar-refractivity contribution in [2.45, 2.75) is 6.92 Å². The highest BCUT2D eigenvalue weighted by molar-refractivity contribution is 7.07. The minimum absolute atomic E-state index is 0.313. The highest BCUT2D eigenvalue weighted by atomic mass is 32.1. The van der Waals surface area contributed by atoms with Crippen LogP contribution in [0.5, 0.6) is 0 Å². The molecule has 1 rings (SSSR count). The quantitative estimate of drug-likeness (QED) is 0.426. The molecule has 0 fully saturated rings. The molecular weight excluding hydrogens is 206 g/mol. The molecule has 6 nitrogen and oxygen atoms in total. The van der Waals surface area contributed by atoms with Crippen molar-refractivity contribution in [3.05, 3.63) is 20.8 Å². The highest BCUT2D eigenvalue weighted by Gasteiger charge is 2.11. The first kappa shape index (κ1) is 10.6. The lowest BCUT2D eigenvalue weighted by molar-refractivity contribution is 0.0515. The van der Waals surface area contributed by atoms with E-state index in [2.05, 4.69) is 10.4 Å². The second-order valence-electron chi connectivity index (χ2n) is 2.36. The van der Waals surface area contributed by atoms with E-state index in [1.807, 2.05) is 0 Å². The number of hydrogen-bond donors (Lipinski definition) is 0. The Morgan fingerprint density at radius 3 is 3.00 bits per heavy atom. The SMILES string of the molecule is CCOC(=O)c1cs/c(=N/N=O)n1C. The van der Waals surface area contributed by atoms with Gasteiger partial charge in [0.15, 0.2) is 0 Å². The Labute approximate surface area is 83.8 Å². The maximum atomic E-state index is 11.3. The molecule has 0 bridgehead atoms. The van der Waals surface area contributed by atoms with E-state index in [0.29, 0.717) is 17.1 Å². The van der Waals surface area contributed by atoms with E-state index in [4.69, 9.17) is 4.74 Å². The van der Waals surface area contributed by atoms with Crippen LogP contribution < -0.4 is 4.80 Å². The van der Waals surface area contributed by atoms with Crippen LogP contribution in [0.25, 0.3) is 0 Å². The zero-order valence-corrected chi connectivity index (χ0v) is 8.58. The van der Waals surface area contributed by atoms with Gasteiger partial charge in [0, 0.05) is 12.4 Å². The zero-order chi connectivity index (χ0) is 10.6. The molecule has 0 radical (unpaired) electrons. The third-order valence-corrected chi connectivity index (χ3v) is 2.44. The molecule has 0 N–H and O–H groups in total. The Morgan fingerprint density at radius 1 is 1.71 bits per heavy atom. The number of nitroso groups, excluding NO2 is 1. The van der Waals surface area contributed by atoms with Gasteiger partial charge in [-0.25, -0.2) is 4.79 Å². The van der Waals surface area contributed by atoms with Crippen LogP contribution in [0, 0.1) is 4.91 Å². The molecule has 0 saturated carbocycles. The standard InChI is InChI=1S/C7H9N3O3S/c1-3-13-6(11)5-4-14-7(8-9-12)10(5)2/h4H,3H2,1-2H3/b8-7+. The van der Waals surface area contributed by atoms with E-state index < -0.39 is 5.97 Å². The average molecular weight is 215 g/mol. The van der Waals surface area contributed by atoms with Gasteiger partial charge in [0.05, 0.1) is 11.9 Å². The Morgan fingerprint density at radius 2 is 2.43 bits per heavy atom. The van der Waals surface area contributed by atoms with Crippen molar-refractivity contribution in [1.29, 1.82) is 0 Å². The summed E-state index contributed by atoms with van der Waals surface area (Å²) >= 11 is 1.16. The number of carbonyl (C=O) groups is 1. The largest absolute Gasteiger partial charge is 0.461 e. The van der Waals surface area contributed by atoms with E-state index in [-0.39, 0.29) is 0 Å².